The Morgan fingerprint density at radius 1 is 1.28 bits per heavy atom. The van der Waals surface area contributed by atoms with E-state index in [-0.39, 0.29) is 11.7 Å². The van der Waals surface area contributed by atoms with Crippen LogP contribution in [0.25, 0.3) is 10.9 Å². The number of aromatic nitrogens is 2. The molecule has 154 valence electrons. The molecule has 29 heavy (non-hydrogen) atoms. The highest BCUT2D eigenvalue weighted by atomic mass is 16.4. The topological polar surface area (TPSA) is 65.4 Å². The number of aromatic amines is 1. The minimum atomic E-state index is 0.0197. The van der Waals surface area contributed by atoms with Gasteiger partial charge in [-0.2, -0.15) is 0 Å². The van der Waals surface area contributed by atoms with Gasteiger partial charge in [-0.25, -0.2) is 4.98 Å². The molecule has 0 saturated carbocycles. The zero-order valence-electron chi connectivity index (χ0n) is 17.7. The lowest BCUT2D eigenvalue weighted by atomic mass is 9.95. The molecule has 1 fully saturated rings. The van der Waals surface area contributed by atoms with Crippen molar-refractivity contribution in [2.45, 2.75) is 45.7 Å². The van der Waals surface area contributed by atoms with E-state index in [0.29, 0.717) is 30.3 Å². The third kappa shape index (κ3) is 4.08. The summed E-state index contributed by atoms with van der Waals surface area (Å²) < 4.78 is 5.86. The largest absolute Gasteiger partial charge is 0.420 e. The molecule has 0 radical (unpaired) electrons. The fraction of sp³-hybridized carbons (Fsp3) is 0.478. The lowest BCUT2D eigenvalue weighted by Gasteiger charge is -2.41. The smallest absolute Gasteiger partial charge is 0.297 e. The van der Waals surface area contributed by atoms with Crippen LogP contribution in [0.3, 0.4) is 0 Å². The van der Waals surface area contributed by atoms with Crippen LogP contribution in [0.1, 0.15) is 43.3 Å². The molecule has 0 amide bonds. The zero-order valence-corrected chi connectivity index (χ0v) is 17.7. The summed E-state index contributed by atoms with van der Waals surface area (Å²) in [7, 11) is 2.15. The molecular weight excluding hydrogens is 364 g/mol. The van der Waals surface area contributed by atoms with Crippen molar-refractivity contribution in [2.24, 2.45) is 5.92 Å². The van der Waals surface area contributed by atoms with E-state index in [2.05, 4.69) is 59.7 Å². The molecule has 1 aliphatic rings. The Balaban J connectivity index is 1.39. The van der Waals surface area contributed by atoms with Gasteiger partial charge in [-0.3, -0.25) is 9.69 Å². The molecule has 3 aromatic rings. The Hall–Kier alpha value is -2.60. The van der Waals surface area contributed by atoms with Crippen molar-refractivity contribution in [2.75, 3.05) is 25.0 Å². The van der Waals surface area contributed by atoms with Gasteiger partial charge < -0.3 is 14.3 Å². The first-order valence-electron chi connectivity index (χ1n) is 10.4. The number of hydrogen-bond donors (Lipinski definition) is 1. The lowest BCUT2D eigenvalue weighted by molar-refractivity contribution is 0.0937. The number of hydrogen-bond acceptors (Lipinski definition) is 5. The number of fused-ring (bicyclic) bond motifs is 1. The van der Waals surface area contributed by atoms with Gasteiger partial charge in [0.05, 0.1) is 6.20 Å². The highest BCUT2D eigenvalue weighted by molar-refractivity contribution is 5.93. The van der Waals surface area contributed by atoms with Crippen LogP contribution < -0.4 is 4.90 Å². The number of benzene rings is 1. The summed E-state index contributed by atoms with van der Waals surface area (Å²) in [6, 6.07) is 9.66. The normalized spacial score (nSPS) is 21.6. The average molecular weight is 395 g/mol. The van der Waals surface area contributed by atoms with Gasteiger partial charge in [0.15, 0.2) is 11.5 Å². The molecule has 1 aliphatic heterocycles. The number of oxazole rings is 1. The Bertz CT molecular complexity index is 980. The van der Waals surface area contributed by atoms with Gasteiger partial charge in [-0.15, -0.1) is 0 Å². The number of piperazine rings is 1. The number of carbonyl (C=O) groups is 1. The molecule has 6 nitrogen and oxygen atoms in total. The Labute approximate surface area is 171 Å². The van der Waals surface area contributed by atoms with E-state index in [0.717, 1.165) is 25.0 Å². The molecule has 2 aromatic heterocycles. The SMILES string of the molecule is CC(CC(=O)c1cnc(N2C[C@@H](C)N(C)[C@H](C)C2)o1)Cc1c[nH]c2ccccc12. The first-order chi connectivity index (χ1) is 13.9. The average Bonchev–Trinajstić information content (AvgIpc) is 3.34. The van der Waals surface area contributed by atoms with Gasteiger partial charge in [0.25, 0.3) is 6.01 Å². The van der Waals surface area contributed by atoms with Gasteiger partial charge in [0, 0.05) is 48.7 Å². The van der Waals surface area contributed by atoms with E-state index in [1.54, 1.807) is 6.20 Å². The number of H-pyrrole nitrogens is 1. The van der Waals surface area contributed by atoms with Crippen LogP contribution in [0.15, 0.2) is 41.1 Å². The van der Waals surface area contributed by atoms with E-state index in [4.69, 9.17) is 4.42 Å². The molecule has 1 aromatic carbocycles. The molecule has 3 heterocycles. The monoisotopic (exact) mass is 394 g/mol. The number of nitrogens with one attached hydrogen (secondary N) is 1. The first kappa shape index (κ1) is 19.7. The van der Waals surface area contributed by atoms with Crippen LogP contribution in [-0.2, 0) is 6.42 Å². The summed E-state index contributed by atoms with van der Waals surface area (Å²) in [5.41, 5.74) is 2.39. The number of likely N-dealkylation sites (N-methyl/N-ethyl adjacent to an activating group) is 1. The second-order valence-electron chi connectivity index (χ2n) is 8.57. The maximum absolute atomic E-state index is 12.8. The molecule has 0 spiro atoms. The van der Waals surface area contributed by atoms with Crippen molar-refractivity contribution >= 4 is 22.7 Å². The minimum Gasteiger partial charge on any atom is -0.420 e. The van der Waals surface area contributed by atoms with Crippen LogP contribution in [0, 0.1) is 5.92 Å². The molecule has 1 saturated heterocycles. The molecule has 1 N–H and O–H groups in total. The Morgan fingerprint density at radius 2 is 2.00 bits per heavy atom. The second-order valence-corrected chi connectivity index (χ2v) is 8.57. The number of para-hydroxylation sites is 1. The first-order valence-corrected chi connectivity index (χ1v) is 10.4. The van der Waals surface area contributed by atoms with Gasteiger partial charge in [0.2, 0.25) is 0 Å². The highest BCUT2D eigenvalue weighted by Crippen LogP contribution is 2.25. The van der Waals surface area contributed by atoms with Crippen LogP contribution in [-0.4, -0.2) is 52.9 Å². The summed E-state index contributed by atoms with van der Waals surface area (Å²) in [4.78, 5) is 25.0. The van der Waals surface area contributed by atoms with Gasteiger partial charge in [-0.05, 0) is 44.9 Å². The summed E-state index contributed by atoms with van der Waals surface area (Å²) >= 11 is 0. The summed E-state index contributed by atoms with van der Waals surface area (Å²) in [5, 5.41) is 1.23. The summed E-state index contributed by atoms with van der Waals surface area (Å²) in [6.45, 7) is 8.22. The van der Waals surface area contributed by atoms with Crippen LogP contribution in [0.2, 0.25) is 0 Å². The molecule has 3 atom stereocenters. The lowest BCUT2D eigenvalue weighted by Crippen LogP contribution is -2.55. The minimum absolute atomic E-state index is 0.0197. The van der Waals surface area contributed by atoms with E-state index in [1.165, 1.54) is 10.9 Å². The fourth-order valence-electron chi connectivity index (χ4n) is 4.27. The molecule has 4 rings (SSSR count). The predicted molar refractivity (Wildman–Crippen MR) is 116 cm³/mol. The number of rotatable bonds is 6. The molecule has 1 unspecified atom stereocenters. The van der Waals surface area contributed by atoms with Crippen molar-refractivity contribution in [1.82, 2.24) is 14.9 Å². The van der Waals surface area contributed by atoms with E-state index in [9.17, 15) is 4.79 Å². The number of ketones is 1. The highest BCUT2D eigenvalue weighted by Gasteiger charge is 2.29. The number of anilines is 1. The molecular formula is C23H30N4O2. The van der Waals surface area contributed by atoms with E-state index in [1.807, 2.05) is 18.3 Å². The van der Waals surface area contributed by atoms with E-state index < -0.39 is 0 Å². The zero-order chi connectivity index (χ0) is 20.5. The third-order valence-electron chi connectivity index (χ3n) is 6.18. The third-order valence-corrected chi connectivity index (χ3v) is 6.18. The van der Waals surface area contributed by atoms with Gasteiger partial charge >= 0.3 is 0 Å². The second kappa shape index (κ2) is 8.03. The summed E-state index contributed by atoms with van der Waals surface area (Å²) in [5.74, 6) is 0.607. The van der Waals surface area contributed by atoms with Crippen molar-refractivity contribution in [3.05, 3.63) is 48.0 Å². The standard InChI is InChI=1S/C23H30N4O2/c1-15(9-18-11-24-20-8-6-5-7-19(18)20)10-21(28)22-12-25-23(29-22)27-13-16(2)26(4)17(3)14-27/h5-8,11-12,15-17,24H,9-10,13-14H2,1-4H3/t15?,16-,17-/m1/s1. The van der Waals surface area contributed by atoms with Crippen molar-refractivity contribution in [3.8, 4) is 0 Å². The quantitative estimate of drug-likeness (QED) is 0.637. The van der Waals surface area contributed by atoms with Crippen molar-refractivity contribution < 1.29 is 9.21 Å². The van der Waals surface area contributed by atoms with Crippen molar-refractivity contribution in [1.29, 1.82) is 0 Å². The molecule has 0 bridgehead atoms. The molecule has 6 heteroatoms. The summed E-state index contributed by atoms with van der Waals surface area (Å²) in [6.07, 6.45) is 4.94. The van der Waals surface area contributed by atoms with Crippen LogP contribution in [0.5, 0.6) is 0 Å². The number of nitrogens with zero attached hydrogens (tertiary/aromatic N) is 3. The van der Waals surface area contributed by atoms with Gasteiger partial charge in [0.1, 0.15) is 0 Å². The number of Topliss-reactive ketones (excluding diaryl/α,β-unsaturated/α-hetero) is 1. The van der Waals surface area contributed by atoms with Crippen molar-refractivity contribution in [3.63, 3.8) is 0 Å². The maximum Gasteiger partial charge on any atom is 0.297 e. The number of carbonyl (C=O) groups excluding carboxylic acids is 1. The van der Waals surface area contributed by atoms with E-state index >= 15 is 0 Å². The van der Waals surface area contributed by atoms with Crippen LogP contribution in [0.4, 0.5) is 6.01 Å². The predicted octanol–water partition coefficient (Wildman–Crippen LogP) is 4.14. The Morgan fingerprint density at radius 3 is 2.76 bits per heavy atom. The van der Waals surface area contributed by atoms with Gasteiger partial charge in [-0.1, -0.05) is 25.1 Å². The van der Waals surface area contributed by atoms with Crippen LogP contribution >= 0.6 is 0 Å². The molecule has 0 aliphatic carbocycles. The maximum atomic E-state index is 12.8. The Kier molecular flexibility index (Phi) is 5.46. The fourth-order valence-corrected chi connectivity index (χ4v) is 4.27.